The minimum atomic E-state index is -0.486. The number of rotatable bonds is 2. The van der Waals surface area contributed by atoms with Crippen molar-refractivity contribution < 1.29 is 9.84 Å². The first-order valence-corrected chi connectivity index (χ1v) is 6.00. The molecule has 1 N–H and O–H groups in total. The first kappa shape index (κ1) is 8.74. The molecule has 2 atom stereocenters. The van der Waals surface area contributed by atoms with Gasteiger partial charge in [0.1, 0.15) is 11.4 Å². The highest BCUT2D eigenvalue weighted by Gasteiger charge is 2.66. The summed E-state index contributed by atoms with van der Waals surface area (Å²) in [6, 6.07) is 1.99. The molecule has 0 radical (unpaired) electrons. The van der Waals surface area contributed by atoms with Crippen LogP contribution in [0.15, 0.2) is 11.4 Å². The van der Waals surface area contributed by atoms with E-state index in [4.69, 9.17) is 4.74 Å². The molecule has 2 unspecified atom stereocenters. The van der Waals surface area contributed by atoms with E-state index in [0.717, 1.165) is 10.6 Å². The zero-order valence-corrected chi connectivity index (χ0v) is 9.01. The molecule has 2 nitrogen and oxygen atoms in total. The van der Waals surface area contributed by atoms with Crippen LogP contribution in [-0.4, -0.2) is 12.2 Å². The fraction of sp³-hybridized carbons (Fsp3) is 0.636. The maximum absolute atomic E-state index is 10.4. The predicted molar refractivity (Wildman–Crippen MR) is 55.6 cm³/mol. The van der Waals surface area contributed by atoms with Crippen molar-refractivity contribution >= 4 is 11.3 Å². The Hall–Kier alpha value is -0.540. The fourth-order valence-corrected chi connectivity index (χ4v) is 4.01. The first-order valence-electron chi connectivity index (χ1n) is 5.12. The van der Waals surface area contributed by atoms with Crippen LogP contribution in [0.5, 0.6) is 5.75 Å². The van der Waals surface area contributed by atoms with Gasteiger partial charge in [-0.2, -0.15) is 0 Å². The summed E-state index contributed by atoms with van der Waals surface area (Å²) in [4.78, 5) is 1.10. The Balaban J connectivity index is 1.89. The summed E-state index contributed by atoms with van der Waals surface area (Å²) in [5.74, 6) is 1.94. The molecule has 0 spiro atoms. The highest BCUT2D eigenvalue weighted by atomic mass is 32.1. The molecule has 0 aromatic carbocycles. The monoisotopic (exact) mass is 210 g/mol. The van der Waals surface area contributed by atoms with Crippen LogP contribution >= 0.6 is 11.3 Å². The SMILES string of the molecule is COc1csc(C2(O)C3CCCC32)c1. The van der Waals surface area contributed by atoms with E-state index in [9.17, 15) is 5.11 Å². The number of fused-ring (bicyclic) bond motifs is 1. The smallest absolute Gasteiger partial charge is 0.129 e. The minimum absolute atomic E-state index is 0.486. The summed E-state index contributed by atoms with van der Waals surface area (Å²) in [6.45, 7) is 0. The van der Waals surface area contributed by atoms with Crippen LogP contribution in [0.2, 0.25) is 0 Å². The van der Waals surface area contributed by atoms with E-state index in [1.165, 1.54) is 19.3 Å². The lowest BCUT2D eigenvalue weighted by Gasteiger charge is -2.11. The molecule has 14 heavy (non-hydrogen) atoms. The maximum Gasteiger partial charge on any atom is 0.129 e. The van der Waals surface area contributed by atoms with Gasteiger partial charge in [0.15, 0.2) is 0 Å². The van der Waals surface area contributed by atoms with Crippen LogP contribution in [0.4, 0.5) is 0 Å². The molecule has 2 aliphatic rings. The standard InChI is InChI=1S/C11H14O2S/c1-13-7-5-10(14-6-7)11(12)8-3-2-4-9(8)11/h5-6,8-9,12H,2-4H2,1H3. The number of hydrogen-bond donors (Lipinski definition) is 1. The normalized spacial score (nSPS) is 39.6. The second-order valence-electron chi connectivity index (χ2n) is 4.32. The van der Waals surface area contributed by atoms with Crippen LogP contribution in [0.25, 0.3) is 0 Å². The Labute approximate surface area is 87.5 Å². The molecule has 2 saturated carbocycles. The van der Waals surface area contributed by atoms with Crippen LogP contribution < -0.4 is 4.74 Å². The summed E-state index contributed by atoms with van der Waals surface area (Å²) in [6.07, 6.45) is 3.68. The summed E-state index contributed by atoms with van der Waals surface area (Å²) >= 11 is 1.63. The second-order valence-corrected chi connectivity index (χ2v) is 5.23. The van der Waals surface area contributed by atoms with Crippen molar-refractivity contribution in [2.75, 3.05) is 7.11 Å². The number of methoxy groups -OCH3 is 1. The summed E-state index contributed by atoms with van der Waals surface area (Å²) in [5, 5.41) is 12.4. The second kappa shape index (κ2) is 2.74. The molecule has 2 aliphatic carbocycles. The largest absolute Gasteiger partial charge is 0.496 e. The van der Waals surface area contributed by atoms with Crippen LogP contribution in [0, 0.1) is 11.8 Å². The molecule has 1 heterocycles. The van der Waals surface area contributed by atoms with Crippen molar-refractivity contribution in [2.24, 2.45) is 11.8 Å². The highest BCUT2D eigenvalue weighted by molar-refractivity contribution is 7.10. The zero-order chi connectivity index (χ0) is 9.76. The van der Waals surface area contributed by atoms with Gasteiger partial charge in [-0.1, -0.05) is 6.42 Å². The van der Waals surface area contributed by atoms with E-state index in [1.807, 2.05) is 11.4 Å². The zero-order valence-electron chi connectivity index (χ0n) is 8.19. The number of aliphatic hydroxyl groups is 1. The first-order chi connectivity index (χ1) is 6.76. The van der Waals surface area contributed by atoms with Crippen LogP contribution in [-0.2, 0) is 5.60 Å². The van der Waals surface area contributed by atoms with Gasteiger partial charge in [0.05, 0.1) is 7.11 Å². The summed E-state index contributed by atoms with van der Waals surface area (Å²) < 4.78 is 5.14. The topological polar surface area (TPSA) is 29.5 Å². The van der Waals surface area contributed by atoms with Crippen molar-refractivity contribution in [3.63, 3.8) is 0 Å². The Kier molecular flexibility index (Phi) is 1.71. The van der Waals surface area contributed by atoms with E-state index in [2.05, 4.69) is 0 Å². The molecule has 0 bridgehead atoms. The van der Waals surface area contributed by atoms with Gasteiger partial charge < -0.3 is 9.84 Å². The third-order valence-corrected chi connectivity index (χ3v) is 4.79. The van der Waals surface area contributed by atoms with Crippen LogP contribution in [0.1, 0.15) is 24.1 Å². The molecule has 1 aromatic heterocycles. The molecular formula is C11H14O2S. The highest BCUT2D eigenvalue weighted by Crippen LogP contribution is 2.67. The summed E-state index contributed by atoms with van der Waals surface area (Å²) in [7, 11) is 1.67. The Morgan fingerprint density at radius 1 is 1.50 bits per heavy atom. The quantitative estimate of drug-likeness (QED) is 0.812. The van der Waals surface area contributed by atoms with Crippen molar-refractivity contribution in [3.8, 4) is 5.75 Å². The van der Waals surface area contributed by atoms with E-state index >= 15 is 0 Å². The van der Waals surface area contributed by atoms with E-state index in [0.29, 0.717) is 11.8 Å². The van der Waals surface area contributed by atoms with Gasteiger partial charge >= 0.3 is 0 Å². The van der Waals surface area contributed by atoms with Gasteiger partial charge in [-0.15, -0.1) is 11.3 Å². The van der Waals surface area contributed by atoms with Gasteiger partial charge in [-0.25, -0.2) is 0 Å². The van der Waals surface area contributed by atoms with Gasteiger partial charge in [0.2, 0.25) is 0 Å². The van der Waals surface area contributed by atoms with Gasteiger partial charge in [-0.05, 0) is 30.7 Å². The lowest BCUT2D eigenvalue weighted by Crippen LogP contribution is -2.10. The Morgan fingerprint density at radius 3 is 2.79 bits per heavy atom. The number of ether oxygens (including phenoxy) is 1. The van der Waals surface area contributed by atoms with Crippen molar-refractivity contribution in [3.05, 3.63) is 16.3 Å². The van der Waals surface area contributed by atoms with Crippen molar-refractivity contribution in [1.29, 1.82) is 0 Å². The average Bonchev–Trinajstić information content (AvgIpc) is 2.77. The molecule has 3 rings (SSSR count). The minimum Gasteiger partial charge on any atom is -0.496 e. The number of thiophene rings is 1. The third-order valence-electron chi connectivity index (χ3n) is 3.74. The summed E-state index contributed by atoms with van der Waals surface area (Å²) in [5.41, 5.74) is -0.486. The van der Waals surface area contributed by atoms with Crippen molar-refractivity contribution in [2.45, 2.75) is 24.9 Å². The van der Waals surface area contributed by atoms with Crippen LogP contribution in [0.3, 0.4) is 0 Å². The van der Waals surface area contributed by atoms with E-state index in [1.54, 1.807) is 18.4 Å². The van der Waals surface area contributed by atoms with Crippen molar-refractivity contribution in [1.82, 2.24) is 0 Å². The van der Waals surface area contributed by atoms with E-state index < -0.39 is 5.60 Å². The Bertz CT molecular complexity index is 348. The third kappa shape index (κ3) is 0.943. The molecule has 0 amide bonds. The molecule has 3 heteroatoms. The molecular weight excluding hydrogens is 196 g/mol. The van der Waals surface area contributed by atoms with E-state index in [-0.39, 0.29) is 0 Å². The van der Waals surface area contributed by atoms with Gasteiger partial charge in [0, 0.05) is 10.3 Å². The predicted octanol–water partition coefficient (Wildman–Crippen LogP) is 2.37. The molecule has 1 aromatic rings. The lowest BCUT2D eigenvalue weighted by molar-refractivity contribution is 0.109. The Morgan fingerprint density at radius 2 is 2.21 bits per heavy atom. The maximum atomic E-state index is 10.4. The molecule has 2 fully saturated rings. The van der Waals surface area contributed by atoms with Gasteiger partial charge in [0.25, 0.3) is 0 Å². The lowest BCUT2D eigenvalue weighted by atomic mass is 10.1. The molecule has 76 valence electrons. The fourth-order valence-electron chi connectivity index (χ4n) is 2.92. The molecule has 0 saturated heterocycles. The van der Waals surface area contributed by atoms with Gasteiger partial charge in [-0.3, -0.25) is 0 Å². The number of hydrogen-bond acceptors (Lipinski definition) is 3. The molecule has 0 aliphatic heterocycles. The average molecular weight is 210 g/mol.